The van der Waals surface area contributed by atoms with E-state index in [0.717, 1.165) is 11.3 Å². The predicted molar refractivity (Wildman–Crippen MR) is 70.9 cm³/mol. The molecule has 2 rings (SSSR count). The van der Waals surface area contributed by atoms with E-state index >= 15 is 0 Å². The van der Waals surface area contributed by atoms with Crippen molar-refractivity contribution >= 4 is 28.1 Å². The number of hydrogen-bond acceptors (Lipinski definition) is 5. The van der Waals surface area contributed by atoms with E-state index in [-0.39, 0.29) is 11.1 Å². The Bertz CT molecular complexity index is 511. The first kappa shape index (κ1) is 15.4. The molecule has 0 amide bonds. The summed E-state index contributed by atoms with van der Waals surface area (Å²) < 4.78 is 36.8. The highest BCUT2D eigenvalue weighted by Crippen LogP contribution is 2.27. The minimum Gasteiger partial charge on any atom is -0.361 e. The summed E-state index contributed by atoms with van der Waals surface area (Å²) in [6.07, 6.45) is -3.43. The third-order valence-electron chi connectivity index (χ3n) is 3.00. The fourth-order valence-corrected chi connectivity index (χ4v) is 3.11. The van der Waals surface area contributed by atoms with Gasteiger partial charge in [0.25, 0.3) is 0 Å². The highest BCUT2D eigenvalue weighted by Gasteiger charge is 2.34. The molecular formula is C11H12ClF3N4S. The van der Waals surface area contributed by atoms with Gasteiger partial charge in [-0.15, -0.1) is 0 Å². The monoisotopic (exact) mass is 324 g/mol. The van der Waals surface area contributed by atoms with Crippen LogP contribution in [0.2, 0.25) is 5.15 Å². The Labute approximate surface area is 123 Å². The zero-order chi connectivity index (χ0) is 14.8. The van der Waals surface area contributed by atoms with Crippen LogP contribution < -0.4 is 5.32 Å². The highest BCUT2D eigenvalue weighted by atomic mass is 35.5. The summed E-state index contributed by atoms with van der Waals surface area (Å²) in [5.41, 5.74) is 0. The van der Waals surface area contributed by atoms with E-state index in [1.165, 1.54) is 4.90 Å². The van der Waals surface area contributed by atoms with Gasteiger partial charge in [0.05, 0.1) is 6.54 Å². The number of alkyl halides is 3. The largest absolute Gasteiger partial charge is 0.401 e. The standard InChI is InChI=1S/C11H12ClF3N4S/c12-9-8(3-16)20-10(18-9)17-4-7-1-2-19(5-7)6-11(13,14)15/h7H,1-2,4-6H2,(H,17,18). The van der Waals surface area contributed by atoms with E-state index in [4.69, 9.17) is 16.9 Å². The highest BCUT2D eigenvalue weighted by molar-refractivity contribution is 7.16. The van der Waals surface area contributed by atoms with Crippen LogP contribution in [0.15, 0.2) is 0 Å². The van der Waals surface area contributed by atoms with E-state index in [0.29, 0.717) is 36.1 Å². The maximum atomic E-state index is 12.3. The molecule has 1 atom stereocenters. The number of halogens is 4. The van der Waals surface area contributed by atoms with Crippen LogP contribution in [-0.4, -0.2) is 42.2 Å². The Morgan fingerprint density at radius 3 is 2.90 bits per heavy atom. The molecule has 0 bridgehead atoms. The number of thiazole rings is 1. The third-order valence-corrected chi connectivity index (χ3v) is 4.31. The van der Waals surface area contributed by atoms with Gasteiger partial charge in [-0.1, -0.05) is 22.9 Å². The van der Waals surface area contributed by atoms with E-state index in [1.54, 1.807) is 0 Å². The second-order valence-corrected chi connectivity index (χ2v) is 5.99. The van der Waals surface area contributed by atoms with E-state index in [2.05, 4.69) is 10.3 Å². The minimum absolute atomic E-state index is 0.144. The SMILES string of the molecule is N#Cc1sc(NCC2CCN(CC(F)(F)F)C2)nc1Cl. The van der Waals surface area contributed by atoms with Crippen LogP contribution in [0, 0.1) is 17.2 Å². The summed E-state index contributed by atoms with van der Waals surface area (Å²) in [5, 5.41) is 12.5. The first-order valence-electron chi connectivity index (χ1n) is 5.97. The van der Waals surface area contributed by atoms with E-state index < -0.39 is 12.7 Å². The van der Waals surface area contributed by atoms with Crippen molar-refractivity contribution in [3.8, 4) is 6.07 Å². The number of nitriles is 1. The Balaban J connectivity index is 1.79. The number of rotatable bonds is 4. The number of likely N-dealkylation sites (tertiary alicyclic amines) is 1. The lowest BCUT2D eigenvalue weighted by Crippen LogP contribution is -2.33. The Morgan fingerprint density at radius 2 is 2.30 bits per heavy atom. The van der Waals surface area contributed by atoms with Crippen molar-refractivity contribution in [1.29, 1.82) is 5.26 Å². The number of aromatic nitrogens is 1. The van der Waals surface area contributed by atoms with Gasteiger partial charge in [-0.05, 0) is 18.9 Å². The van der Waals surface area contributed by atoms with Crippen LogP contribution >= 0.6 is 22.9 Å². The first-order chi connectivity index (χ1) is 9.37. The van der Waals surface area contributed by atoms with Gasteiger partial charge in [0, 0.05) is 13.1 Å². The molecule has 0 aromatic carbocycles. The van der Waals surface area contributed by atoms with Crippen LogP contribution in [0.4, 0.5) is 18.3 Å². The van der Waals surface area contributed by atoms with Crippen LogP contribution in [0.25, 0.3) is 0 Å². The quantitative estimate of drug-likeness (QED) is 0.925. The molecule has 1 aromatic heterocycles. The topological polar surface area (TPSA) is 52.0 Å². The summed E-state index contributed by atoms with van der Waals surface area (Å²) >= 11 is 6.88. The molecule has 1 fully saturated rings. The first-order valence-corrected chi connectivity index (χ1v) is 7.16. The molecule has 20 heavy (non-hydrogen) atoms. The second-order valence-electron chi connectivity index (χ2n) is 4.64. The third kappa shape index (κ3) is 4.23. The molecule has 2 heterocycles. The van der Waals surface area contributed by atoms with Crippen molar-refractivity contribution in [2.45, 2.75) is 12.6 Å². The lowest BCUT2D eigenvalue weighted by molar-refractivity contribution is -0.143. The summed E-state index contributed by atoms with van der Waals surface area (Å²) in [7, 11) is 0. The zero-order valence-electron chi connectivity index (χ0n) is 10.4. The molecule has 1 aliphatic heterocycles. The van der Waals surface area contributed by atoms with Crippen LogP contribution in [0.1, 0.15) is 11.3 Å². The molecule has 1 unspecified atom stereocenters. The second kappa shape index (κ2) is 6.16. The minimum atomic E-state index is -4.15. The maximum absolute atomic E-state index is 12.3. The summed E-state index contributed by atoms with van der Waals surface area (Å²) in [6.45, 7) is 0.541. The van der Waals surface area contributed by atoms with Crippen LogP contribution in [0.5, 0.6) is 0 Å². The lowest BCUT2D eigenvalue weighted by atomic mass is 10.1. The molecule has 0 saturated carbocycles. The molecule has 1 N–H and O–H groups in total. The van der Waals surface area contributed by atoms with E-state index in [9.17, 15) is 13.2 Å². The summed E-state index contributed by atoms with van der Waals surface area (Å²) in [5.74, 6) is 0.144. The molecule has 1 aliphatic rings. The zero-order valence-corrected chi connectivity index (χ0v) is 11.9. The van der Waals surface area contributed by atoms with Gasteiger partial charge in [-0.2, -0.15) is 18.4 Å². The lowest BCUT2D eigenvalue weighted by Gasteiger charge is -2.17. The molecular weight excluding hydrogens is 313 g/mol. The van der Waals surface area contributed by atoms with Crippen LogP contribution in [0.3, 0.4) is 0 Å². The van der Waals surface area contributed by atoms with Crippen molar-refractivity contribution in [2.75, 3.05) is 31.5 Å². The van der Waals surface area contributed by atoms with Gasteiger partial charge in [-0.25, -0.2) is 4.98 Å². The summed E-state index contributed by atoms with van der Waals surface area (Å²) in [6, 6.07) is 1.93. The van der Waals surface area contributed by atoms with Crippen molar-refractivity contribution in [3.05, 3.63) is 10.0 Å². The van der Waals surface area contributed by atoms with Gasteiger partial charge in [0.15, 0.2) is 10.3 Å². The summed E-state index contributed by atoms with van der Waals surface area (Å²) in [4.78, 5) is 5.71. The van der Waals surface area contributed by atoms with Gasteiger partial charge in [-0.3, -0.25) is 4.90 Å². The molecule has 1 aromatic rings. The number of nitrogens with zero attached hydrogens (tertiary/aromatic N) is 3. The molecule has 0 radical (unpaired) electrons. The predicted octanol–water partition coefficient (Wildman–Crippen LogP) is 2.96. The van der Waals surface area contributed by atoms with Crippen molar-refractivity contribution in [1.82, 2.24) is 9.88 Å². The fourth-order valence-electron chi connectivity index (χ4n) is 2.15. The fraction of sp³-hybridized carbons (Fsp3) is 0.636. The Hall–Kier alpha value is -1.04. The average molecular weight is 325 g/mol. The Kier molecular flexibility index (Phi) is 4.73. The normalized spacial score (nSPS) is 20.1. The molecule has 4 nitrogen and oxygen atoms in total. The Morgan fingerprint density at radius 1 is 1.55 bits per heavy atom. The van der Waals surface area contributed by atoms with Gasteiger partial charge in [0.1, 0.15) is 10.9 Å². The van der Waals surface area contributed by atoms with Crippen molar-refractivity contribution in [2.24, 2.45) is 5.92 Å². The number of anilines is 1. The maximum Gasteiger partial charge on any atom is 0.401 e. The van der Waals surface area contributed by atoms with Gasteiger partial charge in [0.2, 0.25) is 0 Å². The molecule has 0 spiro atoms. The molecule has 0 aliphatic carbocycles. The van der Waals surface area contributed by atoms with E-state index in [1.807, 2.05) is 6.07 Å². The average Bonchev–Trinajstić information content (AvgIpc) is 2.91. The van der Waals surface area contributed by atoms with Gasteiger partial charge >= 0.3 is 6.18 Å². The number of hydrogen-bond donors (Lipinski definition) is 1. The smallest absolute Gasteiger partial charge is 0.361 e. The van der Waals surface area contributed by atoms with Crippen LogP contribution in [-0.2, 0) is 0 Å². The number of nitrogens with one attached hydrogen (secondary N) is 1. The molecule has 1 saturated heterocycles. The van der Waals surface area contributed by atoms with Crippen molar-refractivity contribution < 1.29 is 13.2 Å². The van der Waals surface area contributed by atoms with Gasteiger partial charge < -0.3 is 5.32 Å². The molecule has 9 heteroatoms. The van der Waals surface area contributed by atoms with Crippen molar-refractivity contribution in [3.63, 3.8) is 0 Å². The molecule has 110 valence electrons.